The van der Waals surface area contributed by atoms with Crippen LogP contribution in [0.5, 0.6) is 0 Å². The third-order valence-corrected chi connectivity index (χ3v) is 3.92. The first-order valence-corrected chi connectivity index (χ1v) is 7.00. The van der Waals surface area contributed by atoms with Crippen LogP contribution in [0, 0.1) is 6.92 Å². The molecule has 0 aliphatic heterocycles. The molecule has 1 rings (SSSR count). The van der Waals surface area contributed by atoms with Crippen molar-refractivity contribution >= 4 is 27.8 Å². The number of anilines is 1. The van der Waals surface area contributed by atoms with Gasteiger partial charge in [0.1, 0.15) is 5.15 Å². The Morgan fingerprint density at radius 3 is 2.41 bits per heavy atom. The Kier molecular flexibility index (Phi) is 4.67. The topological polar surface area (TPSA) is 75.2 Å². The van der Waals surface area contributed by atoms with Gasteiger partial charge in [-0.3, -0.25) is 0 Å². The lowest BCUT2D eigenvalue weighted by molar-refractivity contribution is 0.449. The molecule has 1 N–H and O–H groups in total. The average molecular weight is 279 g/mol. The largest absolute Gasteiger partial charge is 0.303 e. The van der Waals surface area contributed by atoms with Crippen molar-refractivity contribution in [2.75, 3.05) is 17.8 Å². The third-order valence-electron chi connectivity index (χ3n) is 2.09. The van der Waals surface area contributed by atoms with Crippen molar-refractivity contribution in [2.45, 2.75) is 20.8 Å². The van der Waals surface area contributed by atoms with Gasteiger partial charge in [0.05, 0.1) is 0 Å². The summed E-state index contributed by atoms with van der Waals surface area (Å²) in [4.78, 5) is 7.77. The van der Waals surface area contributed by atoms with E-state index >= 15 is 0 Å². The van der Waals surface area contributed by atoms with Crippen LogP contribution in [0.25, 0.3) is 0 Å². The van der Waals surface area contributed by atoms with Crippen molar-refractivity contribution in [2.24, 2.45) is 0 Å². The summed E-state index contributed by atoms with van der Waals surface area (Å²) in [7, 11) is -3.61. The van der Waals surface area contributed by atoms with E-state index in [2.05, 4.69) is 14.7 Å². The summed E-state index contributed by atoms with van der Waals surface area (Å²) < 4.78 is 27.3. The minimum absolute atomic E-state index is 0.0121. The number of aryl methyl sites for hydroxylation is 1. The summed E-state index contributed by atoms with van der Waals surface area (Å²) in [6.07, 6.45) is 0. The van der Waals surface area contributed by atoms with Gasteiger partial charge in [-0.2, -0.15) is 12.7 Å². The maximum Gasteiger partial charge on any atom is 0.303 e. The van der Waals surface area contributed by atoms with Gasteiger partial charge in [-0.1, -0.05) is 25.4 Å². The van der Waals surface area contributed by atoms with E-state index in [0.717, 1.165) is 0 Å². The van der Waals surface area contributed by atoms with Crippen LogP contribution in [-0.4, -0.2) is 35.8 Å². The van der Waals surface area contributed by atoms with Gasteiger partial charge < -0.3 is 0 Å². The van der Waals surface area contributed by atoms with Gasteiger partial charge in [0.2, 0.25) is 5.95 Å². The van der Waals surface area contributed by atoms with E-state index in [1.807, 2.05) is 0 Å². The van der Waals surface area contributed by atoms with Gasteiger partial charge in [0, 0.05) is 18.8 Å². The molecule has 96 valence electrons. The molecule has 6 nitrogen and oxygen atoms in total. The molecule has 0 fully saturated rings. The molecule has 1 aromatic heterocycles. The van der Waals surface area contributed by atoms with E-state index in [0.29, 0.717) is 18.8 Å². The third kappa shape index (κ3) is 3.79. The highest BCUT2D eigenvalue weighted by Gasteiger charge is 2.19. The van der Waals surface area contributed by atoms with E-state index in [1.165, 1.54) is 4.31 Å². The van der Waals surface area contributed by atoms with Gasteiger partial charge in [0.25, 0.3) is 0 Å². The Balaban J connectivity index is 2.97. The van der Waals surface area contributed by atoms with Gasteiger partial charge >= 0.3 is 10.2 Å². The molecule has 0 amide bonds. The molecule has 1 heterocycles. The molecule has 0 radical (unpaired) electrons. The number of nitrogens with one attached hydrogen (secondary N) is 1. The zero-order chi connectivity index (χ0) is 13.1. The van der Waals surface area contributed by atoms with Crippen molar-refractivity contribution in [3.63, 3.8) is 0 Å². The van der Waals surface area contributed by atoms with Crippen LogP contribution in [0.1, 0.15) is 19.5 Å². The highest BCUT2D eigenvalue weighted by atomic mass is 35.5. The molecular formula is C9H15ClN4O2S. The lowest BCUT2D eigenvalue weighted by Gasteiger charge is -2.18. The Labute approximate surface area is 106 Å². The van der Waals surface area contributed by atoms with Crippen LogP contribution >= 0.6 is 11.6 Å². The second-order valence-electron chi connectivity index (χ2n) is 3.35. The number of hydrogen-bond acceptors (Lipinski definition) is 4. The average Bonchev–Trinajstić information content (AvgIpc) is 2.15. The van der Waals surface area contributed by atoms with E-state index in [9.17, 15) is 8.42 Å². The standard InChI is InChI=1S/C9H15ClN4O2S/c1-4-14(5-2)17(15,16)13-9-11-7(3)6-8(10)12-9/h6H,4-5H2,1-3H3,(H,11,12,13). The molecule has 0 bridgehead atoms. The van der Waals surface area contributed by atoms with Crippen LogP contribution < -0.4 is 4.72 Å². The highest BCUT2D eigenvalue weighted by Crippen LogP contribution is 2.12. The van der Waals surface area contributed by atoms with Crippen molar-refractivity contribution in [1.82, 2.24) is 14.3 Å². The normalized spacial score (nSPS) is 11.8. The predicted molar refractivity (Wildman–Crippen MR) is 67.2 cm³/mol. The van der Waals surface area contributed by atoms with Gasteiger partial charge in [0.15, 0.2) is 0 Å². The molecule has 1 aromatic rings. The lowest BCUT2D eigenvalue weighted by atomic mass is 10.5. The Bertz CT molecular complexity index is 468. The highest BCUT2D eigenvalue weighted by molar-refractivity contribution is 7.90. The Morgan fingerprint density at radius 1 is 1.35 bits per heavy atom. The van der Waals surface area contributed by atoms with Crippen LogP contribution in [-0.2, 0) is 10.2 Å². The van der Waals surface area contributed by atoms with Crippen molar-refractivity contribution in [3.05, 3.63) is 16.9 Å². The summed E-state index contributed by atoms with van der Waals surface area (Å²) in [5, 5.41) is 0.203. The molecule has 0 atom stereocenters. The number of halogens is 1. The van der Waals surface area contributed by atoms with Crippen LogP contribution in [0.2, 0.25) is 5.15 Å². The molecule has 0 aromatic carbocycles. The molecule has 0 unspecified atom stereocenters. The smallest absolute Gasteiger partial charge is 0.238 e. The quantitative estimate of drug-likeness (QED) is 0.827. The van der Waals surface area contributed by atoms with E-state index < -0.39 is 10.2 Å². The fourth-order valence-corrected chi connectivity index (χ4v) is 2.69. The van der Waals surface area contributed by atoms with Crippen molar-refractivity contribution in [1.29, 1.82) is 0 Å². The van der Waals surface area contributed by atoms with Gasteiger partial charge in [-0.25, -0.2) is 14.7 Å². The maximum absolute atomic E-state index is 11.9. The fourth-order valence-electron chi connectivity index (χ4n) is 1.32. The van der Waals surface area contributed by atoms with E-state index in [1.54, 1.807) is 26.8 Å². The van der Waals surface area contributed by atoms with Crippen LogP contribution in [0.4, 0.5) is 5.95 Å². The number of nitrogens with zero attached hydrogens (tertiary/aromatic N) is 3. The second-order valence-corrected chi connectivity index (χ2v) is 5.40. The minimum atomic E-state index is -3.61. The van der Waals surface area contributed by atoms with Crippen molar-refractivity contribution < 1.29 is 8.42 Å². The fraction of sp³-hybridized carbons (Fsp3) is 0.556. The predicted octanol–water partition coefficient (Wildman–Crippen LogP) is 1.44. The Hall–Kier alpha value is -0.920. The van der Waals surface area contributed by atoms with Gasteiger partial charge in [-0.05, 0) is 13.0 Å². The van der Waals surface area contributed by atoms with E-state index in [-0.39, 0.29) is 11.1 Å². The van der Waals surface area contributed by atoms with Crippen LogP contribution in [0.15, 0.2) is 6.07 Å². The number of hydrogen-bond donors (Lipinski definition) is 1. The molecular weight excluding hydrogens is 264 g/mol. The second kappa shape index (κ2) is 5.61. The molecule has 0 aliphatic rings. The first-order valence-electron chi connectivity index (χ1n) is 5.18. The Morgan fingerprint density at radius 2 is 1.94 bits per heavy atom. The summed E-state index contributed by atoms with van der Waals surface area (Å²) in [5.74, 6) is -0.0121. The maximum atomic E-state index is 11.9. The molecule has 0 saturated carbocycles. The summed E-state index contributed by atoms with van der Waals surface area (Å²) in [6, 6.07) is 1.55. The molecule has 17 heavy (non-hydrogen) atoms. The first kappa shape index (κ1) is 14.1. The van der Waals surface area contributed by atoms with Crippen molar-refractivity contribution in [3.8, 4) is 0 Å². The lowest BCUT2D eigenvalue weighted by Crippen LogP contribution is -2.36. The molecule has 0 spiro atoms. The summed E-state index contributed by atoms with van der Waals surface area (Å²) in [6.45, 7) is 5.99. The molecule has 0 saturated heterocycles. The van der Waals surface area contributed by atoms with Crippen LogP contribution in [0.3, 0.4) is 0 Å². The number of rotatable bonds is 5. The first-order chi connectivity index (χ1) is 7.89. The zero-order valence-electron chi connectivity index (χ0n) is 9.94. The van der Waals surface area contributed by atoms with Gasteiger partial charge in [-0.15, -0.1) is 0 Å². The monoisotopic (exact) mass is 278 g/mol. The zero-order valence-corrected chi connectivity index (χ0v) is 11.5. The number of aromatic nitrogens is 2. The summed E-state index contributed by atoms with van der Waals surface area (Å²) >= 11 is 5.73. The molecule has 0 aliphatic carbocycles. The summed E-state index contributed by atoms with van der Waals surface area (Å²) in [5.41, 5.74) is 0.599. The minimum Gasteiger partial charge on any atom is -0.238 e. The molecule has 8 heteroatoms. The SMILES string of the molecule is CCN(CC)S(=O)(=O)Nc1nc(C)cc(Cl)n1. The van der Waals surface area contributed by atoms with E-state index in [4.69, 9.17) is 11.6 Å².